The largest absolute Gasteiger partial charge is 0.478 e. The number of aliphatic hydroxyl groups is 1. The maximum absolute atomic E-state index is 13.5. The van der Waals surface area contributed by atoms with Gasteiger partial charge in [-0.05, 0) is 12.1 Å². The number of hydrogen-bond donors (Lipinski definition) is 3. The molecule has 3 N–H and O–H groups in total. The van der Waals surface area contributed by atoms with Crippen molar-refractivity contribution < 1.29 is 24.1 Å². The van der Waals surface area contributed by atoms with Gasteiger partial charge in [-0.15, -0.1) is 0 Å². The van der Waals surface area contributed by atoms with E-state index in [0.717, 1.165) is 6.07 Å². The molecule has 0 heterocycles. The molecular formula is C11H14FNO4. The number of carbonyl (C=O) groups is 1. The van der Waals surface area contributed by atoms with Gasteiger partial charge >= 0.3 is 5.97 Å². The Bertz CT molecular complexity index is 397. The highest BCUT2D eigenvalue weighted by atomic mass is 19.1. The van der Waals surface area contributed by atoms with Crippen LogP contribution in [0.25, 0.3) is 0 Å². The molecule has 0 aliphatic heterocycles. The lowest BCUT2D eigenvalue weighted by molar-refractivity contribution is 0.0697. The maximum atomic E-state index is 13.5. The van der Waals surface area contributed by atoms with Gasteiger partial charge in [-0.1, -0.05) is 6.07 Å². The molecule has 0 radical (unpaired) electrons. The summed E-state index contributed by atoms with van der Waals surface area (Å²) in [6.07, 6.45) is 0. The molecule has 0 bridgehead atoms. The summed E-state index contributed by atoms with van der Waals surface area (Å²) in [6, 6.07) is 3.19. The quantitative estimate of drug-likeness (QED) is 0.693. The fraction of sp³-hybridized carbons (Fsp3) is 0.364. The van der Waals surface area contributed by atoms with Crippen molar-refractivity contribution in [1.82, 2.24) is 0 Å². The van der Waals surface area contributed by atoms with Crippen molar-refractivity contribution in [3.63, 3.8) is 0 Å². The molecule has 1 aromatic carbocycles. The molecule has 0 saturated heterocycles. The highest BCUT2D eigenvalue weighted by molar-refractivity contribution is 5.94. The zero-order valence-corrected chi connectivity index (χ0v) is 9.31. The van der Waals surface area contributed by atoms with Gasteiger partial charge in [0.25, 0.3) is 0 Å². The second kappa shape index (κ2) is 6.17. The van der Waals surface area contributed by atoms with Crippen molar-refractivity contribution in [3.05, 3.63) is 29.6 Å². The van der Waals surface area contributed by atoms with Crippen LogP contribution < -0.4 is 5.32 Å². The zero-order chi connectivity index (χ0) is 12.8. The van der Waals surface area contributed by atoms with Crippen LogP contribution >= 0.6 is 0 Å². The van der Waals surface area contributed by atoms with Gasteiger partial charge < -0.3 is 20.3 Å². The number of benzene rings is 1. The summed E-state index contributed by atoms with van der Waals surface area (Å²) in [5.74, 6) is -1.92. The van der Waals surface area contributed by atoms with Crippen LogP contribution in [0.3, 0.4) is 0 Å². The molecule has 0 aliphatic rings. The summed E-state index contributed by atoms with van der Waals surface area (Å²) in [4.78, 5) is 10.9. The first-order chi connectivity index (χ1) is 8.10. The lowest BCUT2D eigenvalue weighted by atomic mass is 10.1. The number of nitrogens with one attached hydrogen (secondary N) is 1. The first kappa shape index (κ1) is 13.4. The van der Waals surface area contributed by atoms with E-state index in [9.17, 15) is 9.18 Å². The van der Waals surface area contributed by atoms with Crippen LogP contribution in [0.5, 0.6) is 0 Å². The molecule has 0 saturated carbocycles. The highest BCUT2D eigenvalue weighted by Gasteiger charge is 2.17. The van der Waals surface area contributed by atoms with Crippen LogP contribution in [0, 0.1) is 5.82 Å². The number of carboxylic acid groups (broad SMARTS) is 1. The molecule has 0 aliphatic carbocycles. The summed E-state index contributed by atoms with van der Waals surface area (Å²) < 4.78 is 18.3. The number of ether oxygens (including phenoxy) is 1. The van der Waals surface area contributed by atoms with Crippen molar-refractivity contribution in [1.29, 1.82) is 0 Å². The third-order valence-corrected chi connectivity index (χ3v) is 2.18. The fourth-order valence-corrected chi connectivity index (χ4v) is 1.39. The molecular weight excluding hydrogens is 229 g/mol. The van der Waals surface area contributed by atoms with E-state index in [2.05, 4.69) is 5.32 Å². The number of hydrogen-bond acceptors (Lipinski definition) is 4. The zero-order valence-electron chi connectivity index (χ0n) is 9.31. The molecule has 0 spiro atoms. The smallest absolute Gasteiger partial charge is 0.337 e. The summed E-state index contributed by atoms with van der Waals surface area (Å²) in [7, 11) is 1.43. The Morgan fingerprint density at radius 3 is 2.82 bits per heavy atom. The van der Waals surface area contributed by atoms with E-state index < -0.39 is 17.8 Å². The number of methoxy groups -OCH3 is 1. The van der Waals surface area contributed by atoms with E-state index in [4.69, 9.17) is 14.9 Å². The summed E-state index contributed by atoms with van der Waals surface area (Å²) >= 11 is 0. The molecule has 1 rings (SSSR count). The number of rotatable bonds is 6. The normalized spacial score (nSPS) is 12.2. The average Bonchev–Trinajstić information content (AvgIpc) is 2.30. The van der Waals surface area contributed by atoms with Crippen molar-refractivity contribution in [3.8, 4) is 0 Å². The van der Waals surface area contributed by atoms with Crippen molar-refractivity contribution in [2.45, 2.75) is 6.04 Å². The third-order valence-electron chi connectivity index (χ3n) is 2.18. The Balaban J connectivity index is 2.99. The van der Waals surface area contributed by atoms with E-state index in [-0.39, 0.29) is 24.5 Å². The summed E-state index contributed by atoms with van der Waals surface area (Å²) in [5, 5.41) is 20.5. The Morgan fingerprint density at radius 1 is 1.59 bits per heavy atom. The number of carboxylic acids is 1. The monoisotopic (exact) mass is 243 g/mol. The lowest BCUT2D eigenvalue weighted by Gasteiger charge is -2.18. The van der Waals surface area contributed by atoms with E-state index in [1.165, 1.54) is 19.2 Å². The van der Waals surface area contributed by atoms with Crippen LogP contribution in [0.2, 0.25) is 0 Å². The lowest BCUT2D eigenvalue weighted by Crippen LogP contribution is -2.30. The Hall–Kier alpha value is -1.66. The van der Waals surface area contributed by atoms with Crippen LogP contribution in [-0.4, -0.2) is 42.5 Å². The van der Waals surface area contributed by atoms with E-state index in [0.29, 0.717) is 0 Å². The highest BCUT2D eigenvalue weighted by Crippen LogP contribution is 2.20. The topological polar surface area (TPSA) is 78.8 Å². The van der Waals surface area contributed by atoms with Gasteiger partial charge in [0, 0.05) is 7.11 Å². The van der Waals surface area contributed by atoms with Crippen LogP contribution in [0.15, 0.2) is 18.2 Å². The van der Waals surface area contributed by atoms with Crippen LogP contribution in [0.4, 0.5) is 10.1 Å². The van der Waals surface area contributed by atoms with Gasteiger partial charge in [-0.2, -0.15) is 0 Å². The number of aromatic carboxylic acids is 1. The van der Waals surface area contributed by atoms with Crippen molar-refractivity contribution >= 4 is 11.7 Å². The maximum Gasteiger partial charge on any atom is 0.337 e. The fourth-order valence-electron chi connectivity index (χ4n) is 1.39. The molecule has 6 heteroatoms. The first-order valence-corrected chi connectivity index (χ1v) is 4.98. The molecule has 0 amide bonds. The van der Waals surface area contributed by atoms with Crippen molar-refractivity contribution in [2.24, 2.45) is 0 Å². The van der Waals surface area contributed by atoms with Gasteiger partial charge in [0.05, 0.1) is 30.5 Å². The van der Waals surface area contributed by atoms with Gasteiger partial charge in [-0.25, -0.2) is 9.18 Å². The minimum Gasteiger partial charge on any atom is -0.478 e. The number of aliphatic hydroxyl groups excluding tert-OH is 1. The minimum atomic E-state index is -1.24. The second-order valence-corrected chi connectivity index (χ2v) is 3.45. The molecule has 94 valence electrons. The Kier molecular flexibility index (Phi) is 4.86. The molecule has 5 nitrogen and oxygen atoms in total. The first-order valence-electron chi connectivity index (χ1n) is 4.98. The number of halogens is 1. The predicted molar refractivity (Wildman–Crippen MR) is 59.7 cm³/mol. The Morgan fingerprint density at radius 2 is 2.29 bits per heavy atom. The SMILES string of the molecule is COCC(CO)Nc1c(F)cccc1C(=O)O. The predicted octanol–water partition coefficient (Wildman–Crippen LogP) is 0.943. The van der Waals surface area contributed by atoms with Gasteiger partial charge in [0.15, 0.2) is 0 Å². The summed E-state index contributed by atoms with van der Waals surface area (Å²) in [6.45, 7) is -0.148. The van der Waals surface area contributed by atoms with E-state index in [1.807, 2.05) is 0 Å². The third kappa shape index (κ3) is 3.40. The van der Waals surface area contributed by atoms with Crippen LogP contribution in [0.1, 0.15) is 10.4 Å². The van der Waals surface area contributed by atoms with E-state index in [1.54, 1.807) is 0 Å². The van der Waals surface area contributed by atoms with Crippen molar-refractivity contribution in [2.75, 3.05) is 25.6 Å². The number of para-hydroxylation sites is 1. The molecule has 1 unspecified atom stereocenters. The van der Waals surface area contributed by atoms with Gasteiger partial charge in [0.1, 0.15) is 5.82 Å². The molecule has 17 heavy (non-hydrogen) atoms. The number of anilines is 1. The second-order valence-electron chi connectivity index (χ2n) is 3.45. The summed E-state index contributed by atoms with van der Waals surface area (Å²) in [5.41, 5.74) is -0.323. The molecule has 0 aromatic heterocycles. The standard InChI is InChI=1S/C11H14FNO4/c1-17-6-7(5-14)13-10-8(11(15)16)3-2-4-9(10)12/h2-4,7,13-14H,5-6H2,1H3,(H,15,16). The van der Waals surface area contributed by atoms with Gasteiger partial charge in [0.2, 0.25) is 0 Å². The molecule has 1 atom stereocenters. The molecule has 0 fully saturated rings. The molecule has 1 aromatic rings. The van der Waals surface area contributed by atoms with E-state index >= 15 is 0 Å². The van der Waals surface area contributed by atoms with Gasteiger partial charge in [-0.3, -0.25) is 0 Å². The average molecular weight is 243 g/mol. The Labute approximate surface area is 97.8 Å². The van der Waals surface area contributed by atoms with Crippen LogP contribution in [-0.2, 0) is 4.74 Å². The minimum absolute atomic E-state index is 0.142.